The van der Waals surface area contributed by atoms with Gasteiger partial charge in [0.05, 0.1) is 6.26 Å². The largest absolute Gasteiger partial charge is 0.481 e. The van der Waals surface area contributed by atoms with E-state index in [4.69, 9.17) is 5.11 Å². The summed E-state index contributed by atoms with van der Waals surface area (Å²) >= 11 is 0. The maximum atomic E-state index is 11.9. The number of carbonyl (C=O) groups excluding carboxylic acids is 1. The molecule has 21 heavy (non-hydrogen) atoms. The fourth-order valence-electron chi connectivity index (χ4n) is 2.38. The smallest absolute Gasteiger partial charge is 0.303 e. The third kappa shape index (κ3) is 6.90. The second-order valence-corrected chi connectivity index (χ2v) is 7.41. The van der Waals surface area contributed by atoms with Crippen molar-refractivity contribution >= 4 is 21.9 Å². The Balaban J connectivity index is 2.15. The molecule has 0 aromatic carbocycles. The molecule has 0 unspecified atom stereocenters. The van der Waals surface area contributed by atoms with Gasteiger partial charge in [0.15, 0.2) is 0 Å². The van der Waals surface area contributed by atoms with Crippen molar-refractivity contribution in [2.24, 2.45) is 5.92 Å². The van der Waals surface area contributed by atoms with Crippen molar-refractivity contribution in [1.29, 1.82) is 0 Å². The van der Waals surface area contributed by atoms with Crippen molar-refractivity contribution in [2.45, 2.75) is 38.5 Å². The molecule has 0 bridgehead atoms. The fraction of sp³-hybridized carbons (Fsp3) is 0.846. The van der Waals surface area contributed by atoms with E-state index >= 15 is 0 Å². The number of carbonyl (C=O) groups is 2. The zero-order valence-electron chi connectivity index (χ0n) is 12.4. The summed E-state index contributed by atoms with van der Waals surface area (Å²) in [6.07, 6.45) is 4.62. The summed E-state index contributed by atoms with van der Waals surface area (Å²) < 4.78 is 24.1. The lowest BCUT2D eigenvalue weighted by Gasteiger charge is -2.29. The number of unbranched alkanes of at least 4 members (excludes halogenated alkanes) is 2. The highest BCUT2D eigenvalue weighted by molar-refractivity contribution is 7.88. The van der Waals surface area contributed by atoms with Crippen molar-refractivity contribution in [2.75, 3.05) is 25.9 Å². The number of hydrogen-bond donors (Lipinski definition) is 2. The molecule has 1 fully saturated rings. The number of amides is 1. The molecule has 0 atom stereocenters. The second kappa shape index (κ2) is 8.33. The molecule has 0 aromatic heterocycles. The van der Waals surface area contributed by atoms with E-state index in [0.29, 0.717) is 38.9 Å². The van der Waals surface area contributed by atoms with E-state index in [9.17, 15) is 18.0 Å². The molecule has 0 aliphatic carbocycles. The number of carboxylic acids is 1. The Labute approximate surface area is 125 Å². The lowest BCUT2D eigenvalue weighted by atomic mass is 9.97. The predicted molar refractivity (Wildman–Crippen MR) is 78.3 cm³/mol. The summed E-state index contributed by atoms with van der Waals surface area (Å²) in [5.74, 6) is -0.944. The van der Waals surface area contributed by atoms with E-state index in [0.717, 1.165) is 12.8 Å². The SMILES string of the molecule is CS(=O)(=O)N1CCC(C(=O)NCCCCCC(=O)O)CC1. The van der Waals surface area contributed by atoms with Crippen LogP contribution in [-0.2, 0) is 19.6 Å². The zero-order chi connectivity index (χ0) is 15.9. The lowest BCUT2D eigenvalue weighted by Crippen LogP contribution is -2.42. The molecule has 0 saturated carbocycles. The topological polar surface area (TPSA) is 104 Å². The molecule has 122 valence electrons. The van der Waals surface area contributed by atoms with Crippen LogP contribution in [0.3, 0.4) is 0 Å². The molecule has 1 amide bonds. The molecular weight excluding hydrogens is 296 g/mol. The van der Waals surface area contributed by atoms with Crippen molar-refractivity contribution in [3.8, 4) is 0 Å². The maximum Gasteiger partial charge on any atom is 0.303 e. The highest BCUT2D eigenvalue weighted by Crippen LogP contribution is 2.19. The van der Waals surface area contributed by atoms with Crippen LogP contribution in [-0.4, -0.2) is 55.6 Å². The van der Waals surface area contributed by atoms with Gasteiger partial charge in [-0.25, -0.2) is 12.7 Å². The highest BCUT2D eigenvalue weighted by Gasteiger charge is 2.28. The number of hydrogen-bond acceptors (Lipinski definition) is 4. The molecule has 1 aliphatic rings. The third-order valence-electron chi connectivity index (χ3n) is 3.66. The van der Waals surface area contributed by atoms with Gasteiger partial charge in [0.25, 0.3) is 0 Å². The van der Waals surface area contributed by atoms with E-state index in [1.165, 1.54) is 10.6 Å². The lowest BCUT2D eigenvalue weighted by molar-refractivity contribution is -0.137. The molecule has 1 saturated heterocycles. The monoisotopic (exact) mass is 320 g/mol. The van der Waals surface area contributed by atoms with Crippen LogP contribution in [0.1, 0.15) is 38.5 Å². The number of sulfonamides is 1. The molecule has 1 heterocycles. The number of aliphatic carboxylic acids is 1. The Bertz CT molecular complexity index is 455. The minimum atomic E-state index is -3.16. The van der Waals surface area contributed by atoms with Crippen LogP contribution < -0.4 is 5.32 Å². The first-order valence-electron chi connectivity index (χ1n) is 7.25. The van der Waals surface area contributed by atoms with Crippen molar-refractivity contribution in [3.63, 3.8) is 0 Å². The van der Waals surface area contributed by atoms with Crippen molar-refractivity contribution in [3.05, 3.63) is 0 Å². The Kier molecular flexibility index (Phi) is 7.10. The first kappa shape index (κ1) is 17.9. The van der Waals surface area contributed by atoms with Crippen LogP contribution in [0.25, 0.3) is 0 Å². The summed E-state index contributed by atoms with van der Waals surface area (Å²) in [4.78, 5) is 22.2. The van der Waals surface area contributed by atoms with Crippen LogP contribution in [0.2, 0.25) is 0 Å². The fourth-order valence-corrected chi connectivity index (χ4v) is 3.26. The summed E-state index contributed by atoms with van der Waals surface area (Å²) in [6.45, 7) is 1.34. The zero-order valence-corrected chi connectivity index (χ0v) is 13.2. The highest BCUT2D eigenvalue weighted by atomic mass is 32.2. The van der Waals surface area contributed by atoms with Crippen LogP contribution in [0, 0.1) is 5.92 Å². The van der Waals surface area contributed by atoms with Gasteiger partial charge >= 0.3 is 5.97 Å². The van der Waals surface area contributed by atoms with E-state index in [-0.39, 0.29) is 18.2 Å². The molecular formula is C13H24N2O5S. The molecule has 2 N–H and O–H groups in total. The first-order chi connectivity index (χ1) is 9.80. The average Bonchev–Trinajstić information content (AvgIpc) is 2.41. The molecule has 0 aromatic rings. The number of piperidine rings is 1. The quantitative estimate of drug-likeness (QED) is 0.631. The first-order valence-corrected chi connectivity index (χ1v) is 9.10. The van der Waals surface area contributed by atoms with Crippen molar-refractivity contribution < 1.29 is 23.1 Å². The molecule has 0 radical (unpaired) electrons. The predicted octanol–water partition coefficient (Wildman–Crippen LogP) is 0.419. The standard InChI is InChI=1S/C13H24N2O5S/c1-21(19,20)15-9-6-11(7-10-15)13(18)14-8-4-2-3-5-12(16)17/h11H,2-10H2,1H3,(H,14,18)(H,16,17). The van der Waals surface area contributed by atoms with Gasteiger partial charge < -0.3 is 10.4 Å². The minimum Gasteiger partial charge on any atom is -0.481 e. The van der Waals surface area contributed by atoms with Crippen LogP contribution in [0.15, 0.2) is 0 Å². The summed E-state index contributed by atoms with van der Waals surface area (Å²) in [5.41, 5.74) is 0. The Morgan fingerprint density at radius 3 is 2.33 bits per heavy atom. The molecule has 1 rings (SSSR count). The van der Waals surface area contributed by atoms with Gasteiger partial charge in [-0.15, -0.1) is 0 Å². The van der Waals surface area contributed by atoms with E-state index < -0.39 is 16.0 Å². The molecule has 8 heteroatoms. The van der Waals surface area contributed by atoms with E-state index in [2.05, 4.69) is 5.32 Å². The Morgan fingerprint density at radius 1 is 1.19 bits per heavy atom. The number of rotatable bonds is 8. The molecule has 0 spiro atoms. The van der Waals surface area contributed by atoms with Gasteiger partial charge in [-0.1, -0.05) is 6.42 Å². The maximum absolute atomic E-state index is 11.9. The third-order valence-corrected chi connectivity index (χ3v) is 4.96. The van der Waals surface area contributed by atoms with Gasteiger partial charge in [-0.2, -0.15) is 0 Å². The van der Waals surface area contributed by atoms with Crippen LogP contribution in [0.4, 0.5) is 0 Å². The molecule has 1 aliphatic heterocycles. The average molecular weight is 320 g/mol. The number of carboxylic acid groups (broad SMARTS) is 1. The Hall–Kier alpha value is -1.15. The van der Waals surface area contributed by atoms with Crippen LogP contribution in [0.5, 0.6) is 0 Å². The van der Waals surface area contributed by atoms with Gasteiger partial charge in [-0.3, -0.25) is 9.59 Å². The van der Waals surface area contributed by atoms with Gasteiger partial charge in [0.1, 0.15) is 0 Å². The summed E-state index contributed by atoms with van der Waals surface area (Å²) in [7, 11) is -3.16. The normalized spacial score (nSPS) is 17.6. The summed E-state index contributed by atoms with van der Waals surface area (Å²) in [5, 5.41) is 11.3. The van der Waals surface area contributed by atoms with Gasteiger partial charge in [0.2, 0.25) is 15.9 Å². The number of nitrogens with one attached hydrogen (secondary N) is 1. The van der Waals surface area contributed by atoms with E-state index in [1.54, 1.807) is 0 Å². The van der Waals surface area contributed by atoms with Crippen LogP contribution >= 0.6 is 0 Å². The number of nitrogens with zero attached hydrogens (tertiary/aromatic N) is 1. The van der Waals surface area contributed by atoms with Gasteiger partial charge in [-0.05, 0) is 25.7 Å². The second-order valence-electron chi connectivity index (χ2n) is 5.43. The van der Waals surface area contributed by atoms with Crippen molar-refractivity contribution in [1.82, 2.24) is 9.62 Å². The molecule has 7 nitrogen and oxygen atoms in total. The minimum absolute atomic E-state index is 0.0265. The van der Waals surface area contributed by atoms with Gasteiger partial charge in [0, 0.05) is 32.0 Å². The Morgan fingerprint density at radius 2 is 1.81 bits per heavy atom. The summed E-state index contributed by atoms with van der Waals surface area (Å²) in [6, 6.07) is 0. The van der Waals surface area contributed by atoms with E-state index in [1.807, 2.05) is 0 Å².